The molecule has 0 heterocycles. The van der Waals surface area contributed by atoms with E-state index in [0.717, 1.165) is 12.1 Å². The van der Waals surface area contributed by atoms with Gasteiger partial charge in [-0.25, -0.2) is 8.78 Å². The van der Waals surface area contributed by atoms with Gasteiger partial charge in [-0.05, 0) is 17.7 Å². The number of hydrogen-bond acceptors (Lipinski definition) is 3. The Kier molecular flexibility index (Phi) is 3.88. The first-order valence-electron chi connectivity index (χ1n) is 4.51. The van der Waals surface area contributed by atoms with Crippen molar-refractivity contribution in [1.82, 2.24) is 0 Å². The number of hydrogen-bond donors (Lipinski definition) is 1. The number of carbonyl (C=O) groups excluding carboxylic acids is 1. The Morgan fingerprint density at radius 1 is 1.53 bits per heavy atom. The average Bonchev–Trinajstić information content (AvgIpc) is 2.28. The number of carboxylic acid groups (broad SMARTS) is 1. The van der Waals surface area contributed by atoms with E-state index in [9.17, 15) is 18.4 Å². The van der Waals surface area contributed by atoms with Gasteiger partial charge in [-0.3, -0.25) is 9.59 Å². The molecule has 0 atom stereocenters. The molecule has 0 unspecified atom stereocenters. The fourth-order valence-electron chi connectivity index (χ4n) is 1.43. The van der Waals surface area contributed by atoms with Crippen molar-refractivity contribution in [2.45, 2.75) is 12.8 Å². The van der Waals surface area contributed by atoms with Crippen LogP contribution in [0.25, 0.3) is 0 Å². The molecule has 1 N–H and O–H groups in total. The van der Waals surface area contributed by atoms with Gasteiger partial charge in [0.15, 0.2) is 0 Å². The standard InChI is InChI=1S/C11H7F2NO3/c12-11(13)9-2-6(5-15)1-7(4-14)8(9)3-10(16)17/h1-2,5,11H,3H2,(H,16,17). The van der Waals surface area contributed by atoms with Gasteiger partial charge in [0.2, 0.25) is 0 Å². The molecule has 1 aromatic rings. The lowest BCUT2D eigenvalue weighted by Gasteiger charge is -2.09. The molecule has 0 aromatic heterocycles. The van der Waals surface area contributed by atoms with Crippen LogP contribution in [0.15, 0.2) is 12.1 Å². The van der Waals surface area contributed by atoms with Crippen LogP contribution in [-0.4, -0.2) is 17.4 Å². The van der Waals surface area contributed by atoms with Crippen LogP contribution < -0.4 is 0 Å². The number of nitrogens with zero attached hydrogens (tertiary/aromatic N) is 1. The van der Waals surface area contributed by atoms with Crippen molar-refractivity contribution in [2.75, 3.05) is 0 Å². The van der Waals surface area contributed by atoms with Gasteiger partial charge in [-0.1, -0.05) is 0 Å². The molecule has 6 heteroatoms. The van der Waals surface area contributed by atoms with E-state index in [1.54, 1.807) is 6.07 Å². The molecule has 0 aliphatic carbocycles. The fraction of sp³-hybridized carbons (Fsp3) is 0.182. The van der Waals surface area contributed by atoms with Gasteiger partial charge in [0.1, 0.15) is 6.29 Å². The van der Waals surface area contributed by atoms with E-state index in [2.05, 4.69) is 0 Å². The minimum atomic E-state index is -2.93. The monoisotopic (exact) mass is 239 g/mol. The highest BCUT2D eigenvalue weighted by Crippen LogP contribution is 2.27. The molecule has 0 bridgehead atoms. The van der Waals surface area contributed by atoms with Crippen LogP contribution in [0.4, 0.5) is 8.78 Å². The average molecular weight is 239 g/mol. The fourth-order valence-corrected chi connectivity index (χ4v) is 1.43. The number of alkyl halides is 2. The SMILES string of the molecule is N#Cc1cc(C=O)cc(C(F)F)c1CC(=O)O. The van der Waals surface area contributed by atoms with Gasteiger partial charge in [-0.15, -0.1) is 0 Å². The lowest BCUT2D eigenvalue weighted by atomic mass is 9.96. The van der Waals surface area contributed by atoms with E-state index >= 15 is 0 Å². The molecular weight excluding hydrogens is 232 g/mol. The molecule has 0 amide bonds. The summed E-state index contributed by atoms with van der Waals surface area (Å²) in [5.74, 6) is -1.32. The van der Waals surface area contributed by atoms with Crippen molar-refractivity contribution in [2.24, 2.45) is 0 Å². The topological polar surface area (TPSA) is 78.2 Å². The molecule has 17 heavy (non-hydrogen) atoms. The molecule has 0 aliphatic heterocycles. The predicted molar refractivity (Wildman–Crippen MR) is 52.8 cm³/mol. The molecule has 0 radical (unpaired) electrons. The Bertz CT molecular complexity index is 506. The summed E-state index contributed by atoms with van der Waals surface area (Å²) >= 11 is 0. The third kappa shape index (κ3) is 2.84. The highest BCUT2D eigenvalue weighted by molar-refractivity contribution is 5.78. The van der Waals surface area contributed by atoms with Crippen LogP contribution in [0, 0.1) is 11.3 Å². The summed E-state index contributed by atoms with van der Waals surface area (Å²) in [4.78, 5) is 21.1. The molecule has 0 saturated heterocycles. The highest BCUT2D eigenvalue weighted by atomic mass is 19.3. The second-order valence-electron chi connectivity index (χ2n) is 3.24. The largest absolute Gasteiger partial charge is 0.481 e. The zero-order valence-electron chi connectivity index (χ0n) is 8.48. The summed E-state index contributed by atoms with van der Waals surface area (Å²) in [6, 6.07) is 3.61. The molecule has 4 nitrogen and oxygen atoms in total. The van der Waals surface area contributed by atoms with Crippen molar-refractivity contribution in [3.05, 3.63) is 34.4 Å². The summed E-state index contributed by atoms with van der Waals surface area (Å²) < 4.78 is 25.4. The van der Waals surface area contributed by atoms with Gasteiger partial charge in [-0.2, -0.15) is 5.26 Å². The van der Waals surface area contributed by atoms with E-state index in [1.807, 2.05) is 0 Å². The van der Waals surface area contributed by atoms with Crippen LogP contribution in [0.5, 0.6) is 0 Å². The smallest absolute Gasteiger partial charge is 0.307 e. The lowest BCUT2D eigenvalue weighted by molar-refractivity contribution is -0.136. The van der Waals surface area contributed by atoms with Crippen molar-refractivity contribution in [3.63, 3.8) is 0 Å². The first-order valence-corrected chi connectivity index (χ1v) is 4.51. The summed E-state index contributed by atoms with van der Waals surface area (Å²) in [6.07, 6.45) is -3.28. The predicted octanol–water partition coefficient (Wildman–Crippen LogP) is 1.94. The Hall–Kier alpha value is -2.29. The van der Waals surface area contributed by atoms with Crippen LogP contribution in [-0.2, 0) is 11.2 Å². The highest BCUT2D eigenvalue weighted by Gasteiger charge is 2.19. The molecule has 0 fully saturated rings. The summed E-state index contributed by atoms with van der Waals surface area (Å²) in [6.45, 7) is 0. The van der Waals surface area contributed by atoms with E-state index in [1.165, 1.54) is 0 Å². The number of aldehydes is 1. The third-order valence-corrected chi connectivity index (χ3v) is 2.13. The van der Waals surface area contributed by atoms with E-state index in [-0.39, 0.29) is 16.7 Å². The number of carboxylic acids is 1. The third-order valence-electron chi connectivity index (χ3n) is 2.13. The van der Waals surface area contributed by atoms with Gasteiger partial charge < -0.3 is 5.11 Å². The number of halogens is 2. The Labute approximate surface area is 95.1 Å². The zero-order chi connectivity index (χ0) is 13.0. The summed E-state index contributed by atoms with van der Waals surface area (Å²) in [7, 11) is 0. The van der Waals surface area contributed by atoms with Gasteiger partial charge >= 0.3 is 5.97 Å². The van der Waals surface area contributed by atoms with E-state index < -0.39 is 24.4 Å². The van der Waals surface area contributed by atoms with Crippen molar-refractivity contribution in [1.29, 1.82) is 5.26 Å². The maximum Gasteiger partial charge on any atom is 0.307 e. The number of aliphatic carboxylic acids is 1. The maximum absolute atomic E-state index is 12.7. The molecular formula is C11H7F2NO3. The Morgan fingerprint density at radius 3 is 2.59 bits per heavy atom. The zero-order valence-corrected chi connectivity index (χ0v) is 8.48. The van der Waals surface area contributed by atoms with E-state index in [0.29, 0.717) is 6.29 Å². The Morgan fingerprint density at radius 2 is 2.18 bits per heavy atom. The van der Waals surface area contributed by atoms with E-state index in [4.69, 9.17) is 10.4 Å². The normalized spacial score (nSPS) is 10.0. The van der Waals surface area contributed by atoms with Crippen LogP contribution in [0.1, 0.15) is 33.5 Å². The summed E-state index contributed by atoms with van der Waals surface area (Å²) in [5.41, 5.74) is -1.13. The summed E-state index contributed by atoms with van der Waals surface area (Å²) in [5, 5.41) is 17.3. The minimum absolute atomic E-state index is 0.0778. The number of nitriles is 1. The molecule has 0 spiro atoms. The number of carbonyl (C=O) groups is 2. The lowest BCUT2D eigenvalue weighted by Crippen LogP contribution is -2.07. The first-order chi connectivity index (χ1) is 7.99. The van der Waals surface area contributed by atoms with Gasteiger partial charge in [0, 0.05) is 11.1 Å². The molecule has 88 valence electrons. The van der Waals surface area contributed by atoms with Crippen LogP contribution >= 0.6 is 0 Å². The number of benzene rings is 1. The van der Waals surface area contributed by atoms with Crippen molar-refractivity contribution in [3.8, 4) is 6.07 Å². The molecule has 0 aliphatic rings. The second-order valence-corrected chi connectivity index (χ2v) is 3.24. The molecule has 1 rings (SSSR count). The van der Waals surface area contributed by atoms with Crippen LogP contribution in [0.3, 0.4) is 0 Å². The van der Waals surface area contributed by atoms with Crippen LogP contribution in [0.2, 0.25) is 0 Å². The van der Waals surface area contributed by atoms with Gasteiger partial charge in [0.25, 0.3) is 6.43 Å². The number of rotatable bonds is 4. The second kappa shape index (κ2) is 5.16. The molecule has 1 aromatic carbocycles. The van der Waals surface area contributed by atoms with Crippen molar-refractivity contribution < 1.29 is 23.5 Å². The van der Waals surface area contributed by atoms with Gasteiger partial charge in [0.05, 0.1) is 18.1 Å². The molecule has 0 saturated carbocycles. The maximum atomic E-state index is 12.7. The van der Waals surface area contributed by atoms with Crippen molar-refractivity contribution >= 4 is 12.3 Å². The Balaban J connectivity index is 3.47. The first kappa shape index (κ1) is 12.8. The quantitative estimate of drug-likeness (QED) is 0.814. The minimum Gasteiger partial charge on any atom is -0.481 e.